The Bertz CT molecular complexity index is 365. The first-order valence-electron chi connectivity index (χ1n) is 6.48. The average molecular weight is 250 g/mol. The first-order chi connectivity index (χ1) is 8.69. The molecule has 1 aromatic carbocycles. The van der Waals surface area contributed by atoms with Gasteiger partial charge in [-0.3, -0.25) is 4.84 Å². The fourth-order valence-electron chi connectivity index (χ4n) is 2.04. The molecule has 0 saturated carbocycles. The number of benzene rings is 1. The van der Waals surface area contributed by atoms with E-state index < -0.39 is 0 Å². The van der Waals surface area contributed by atoms with Gasteiger partial charge in [0.2, 0.25) is 0 Å². The van der Waals surface area contributed by atoms with Crippen molar-refractivity contribution in [3.8, 4) is 0 Å². The van der Waals surface area contributed by atoms with Gasteiger partial charge in [0.25, 0.3) is 0 Å². The lowest BCUT2D eigenvalue weighted by Gasteiger charge is -2.17. The fraction of sp³-hybridized carbons (Fsp3) is 0.571. The van der Waals surface area contributed by atoms with Crippen molar-refractivity contribution in [1.82, 2.24) is 5.06 Å². The predicted molar refractivity (Wildman–Crippen MR) is 72.3 cm³/mol. The summed E-state index contributed by atoms with van der Waals surface area (Å²) in [6.07, 6.45) is 0.889. The Morgan fingerprint density at radius 2 is 2.06 bits per heavy atom. The monoisotopic (exact) mass is 250 g/mol. The zero-order valence-corrected chi connectivity index (χ0v) is 11.4. The Hall–Kier alpha value is -1.10. The molecule has 1 atom stereocenters. The third kappa shape index (κ3) is 3.45. The minimum atomic E-state index is -0.0592. The molecule has 4 heteroatoms. The van der Waals surface area contributed by atoms with E-state index in [-0.39, 0.29) is 6.29 Å². The van der Waals surface area contributed by atoms with Crippen LogP contribution in [-0.2, 0) is 16.1 Å². The number of rotatable bonds is 5. The van der Waals surface area contributed by atoms with Crippen LogP contribution >= 0.6 is 0 Å². The van der Waals surface area contributed by atoms with Gasteiger partial charge in [0.1, 0.15) is 0 Å². The molecule has 0 amide bonds. The highest BCUT2D eigenvalue weighted by atomic mass is 16.8. The maximum atomic E-state index is 5.68. The van der Waals surface area contributed by atoms with Gasteiger partial charge in [-0.1, -0.05) is 12.1 Å². The predicted octanol–water partition coefficient (Wildman–Crippen LogP) is 2.25. The number of nitrogens with zero attached hydrogens (tertiary/aromatic N) is 2. The van der Waals surface area contributed by atoms with Crippen molar-refractivity contribution in [2.45, 2.75) is 26.2 Å². The average Bonchev–Trinajstić information content (AvgIpc) is 2.78. The molecular formula is C14H22N2O2. The standard InChI is InChI=1S/C14H22N2O2/c1-4-17-14-9-10-16(18-14)11-12-5-7-13(8-6-12)15(2)3/h5-8,14H,4,9-11H2,1-3H3. The van der Waals surface area contributed by atoms with Crippen LogP contribution in [0.4, 0.5) is 5.69 Å². The van der Waals surface area contributed by atoms with Crippen molar-refractivity contribution in [2.75, 3.05) is 32.1 Å². The van der Waals surface area contributed by atoms with Gasteiger partial charge in [0, 0.05) is 45.9 Å². The molecule has 1 unspecified atom stereocenters. The molecular weight excluding hydrogens is 228 g/mol. The summed E-state index contributed by atoms with van der Waals surface area (Å²) in [5, 5.41) is 1.98. The van der Waals surface area contributed by atoms with Gasteiger partial charge < -0.3 is 9.64 Å². The van der Waals surface area contributed by atoms with E-state index >= 15 is 0 Å². The van der Waals surface area contributed by atoms with Crippen molar-refractivity contribution in [1.29, 1.82) is 0 Å². The van der Waals surface area contributed by atoms with Crippen LogP contribution in [0.15, 0.2) is 24.3 Å². The summed E-state index contributed by atoms with van der Waals surface area (Å²) in [6, 6.07) is 8.55. The molecule has 1 aliphatic heterocycles. The molecule has 1 fully saturated rings. The number of ether oxygens (including phenoxy) is 1. The van der Waals surface area contributed by atoms with Crippen LogP contribution in [0.2, 0.25) is 0 Å². The van der Waals surface area contributed by atoms with Gasteiger partial charge in [0.15, 0.2) is 6.29 Å². The van der Waals surface area contributed by atoms with Crippen LogP contribution in [0.25, 0.3) is 0 Å². The summed E-state index contributed by atoms with van der Waals surface area (Å²) in [5.41, 5.74) is 2.48. The topological polar surface area (TPSA) is 24.9 Å². The van der Waals surface area contributed by atoms with E-state index in [2.05, 4.69) is 29.2 Å². The van der Waals surface area contributed by atoms with Crippen molar-refractivity contribution in [3.63, 3.8) is 0 Å². The van der Waals surface area contributed by atoms with Crippen molar-refractivity contribution < 1.29 is 9.57 Å². The highest BCUT2D eigenvalue weighted by Crippen LogP contribution is 2.19. The second kappa shape index (κ2) is 6.18. The maximum absolute atomic E-state index is 5.68. The first-order valence-corrected chi connectivity index (χ1v) is 6.48. The summed E-state index contributed by atoms with van der Waals surface area (Å²) >= 11 is 0. The van der Waals surface area contributed by atoms with E-state index in [4.69, 9.17) is 9.57 Å². The molecule has 0 spiro atoms. The normalized spacial score (nSPS) is 20.3. The van der Waals surface area contributed by atoms with Crippen LogP contribution in [0.1, 0.15) is 18.9 Å². The number of hydroxylamine groups is 2. The summed E-state index contributed by atoms with van der Waals surface area (Å²) in [4.78, 5) is 7.78. The Balaban J connectivity index is 1.86. The second-order valence-corrected chi connectivity index (χ2v) is 4.70. The molecule has 0 radical (unpaired) electrons. The fourth-order valence-corrected chi connectivity index (χ4v) is 2.04. The Morgan fingerprint density at radius 3 is 2.67 bits per heavy atom. The Morgan fingerprint density at radius 1 is 1.33 bits per heavy atom. The van der Waals surface area contributed by atoms with E-state index in [0.29, 0.717) is 6.61 Å². The molecule has 1 aliphatic rings. The van der Waals surface area contributed by atoms with E-state index in [1.54, 1.807) is 0 Å². The second-order valence-electron chi connectivity index (χ2n) is 4.70. The first kappa shape index (κ1) is 13.3. The Labute approximate surface area is 109 Å². The highest BCUT2D eigenvalue weighted by molar-refractivity contribution is 5.45. The largest absolute Gasteiger partial charge is 0.378 e. The molecule has 0 N–H and O–H groups in total. The minimum absolute atomic E-state index is 0.0592. The van der Waals surface area contributed by atoms with Gasteiger partial charge in [-0.25, -0.2) is 0 Å². The third-order valence-corrected chi connectivity index (χ3v) is 3.05. The van der Waals surface area contributed by atoms with Crippen LogP contribution in [0, 0.1) is 0 Å². The number of hydrogen-bond acceptors (Lipinski definition) is 4. The van der Waals surface area contributed by atoms with Crippen molar-refractivity contribution in [3.05, 3.63) is 29.8 Å². The quantitative estimate of drug-likeness (QED) is 0.800. The molecule has 0 bridgehead atoms. The lowest BCUT2D eigenvalue weighted by molar-refractivity contribution is -0.235. The van der Waals surface area contributed by atoms with E-state index in [1.807, 2.05) is 26.1 Å². The zero-order valence-electron chi connectivity index (χ0n) is 11.4. The molecule has 0 aromatic heterocycles. The summed E-state index contributed by atoms with van der Waals surface area (Å²) < 4.78 is 5.45. The van der Waals surface area contributed by atoms with Crippen molar-refractivity contribution >= 4 is 5.69 Å². The van der Waals surface area contributed by atoms with Crippen LogP contribution in [0.3, 0.4) is 0 Å². The van der Waals surface area contributed by atoms with Gasteiger partial charge in [-0.15, -0.1) is 0 Å². The third-order valence-electron chi connectivity index (χ3n) is 3.05. The van der Waals surface area contributed by atoms with Gasteiger partial charge in [0.05, 0.1) is 0 Å². The maximum Gasteiger partial charge on any atom is 0.178 e. The van der Waals surface area contributed by atoms with Gasteiger partial charge in [-0.05, 0) is 24.6 Å². The molecule has 2 rings (SSSR count). The van der Waals surface area contributed by atoms with E-state index in [9.17, 15) is 0 Å². The molecule has 4 nitrogen and oxygen atoms in total. The SMILES string of the molecule is CCOC1CCN(Cc2ccc(N(C)C)cc2)O1. The minimum Gasteiger partial charge on any atom is -0.378 e. The molecule has 100 valence electrons. The zero-order chi connectivity index (χ0) is 13.0. The van der Waals surface area contributed by atoms with E-state index in [0.717, 1.165) is 19.5 Å². The van der Waals surface area contributed by atoms with Crippen molar-refractivity contribution in [2.24, 2.45) is 0 Å². The lowest BCUT2D eigenvalue weighted by atomic mass is 10.2. The van der Waals surface area contributed by atoms with E-state index in [1.165, 1.54) is 11.3 Å². The summed E-state index contributed by atoms with van der Waals surface area (Å²) in [6.45, 7) is 4.44. The van der Waals surface area contributed by atoms with Crippen LogP contribution < -0.4 is 4.90 Å². The smallest absolute Gasteiger partial charge is 0.178 e. The Kier molecular flexibility index (Phi) is 4.58. The molecule has 1 aromatic rings. The van der Waals surface area contributed by atoms with Crippen LogP contribution in [-0.4, -0.2) is 38.6 Å². The molecule has 0 aliphatic carbocycles. The van der Waals surface area contributed by atoms with Gasteiger partial charge in [-0.2, -0.15) is 5.06 Å². The number of hydrogen-bond donors (Lipinski definition) is 0. The molecule has 1 heterocycles. The number of anilines is 1. The highest BCUT2D eigenvalue weighted by Gasteiger charge is 2.23. The summed E-state index contributed by atoms with van der Waals surface area (Å²) in [5.74, 6) is 0. The van der Waals surface area contributed by atoms with Crippen LogP contribution in [0.5, 0.6) is 0 Å². The lowest BCUT2D eigenvalue weighted by Crippen LogP contribution is -2.20. The van der Waals surface area contributed by atoms with Gasteiger partial charge >= 0.3 is 0 Å². The summed E-state index contributed by atoms with van der Waals surface area (Å²) in [7, 11) is 4.09. The molecule has 18 heavy (non-hydrogen) atoms. The molecule has 1 saturated heterocycles.